The Hall–Kier alpha value is -1.05. The molecule has 0 spiro atoms. The molecule has 4 atom stereocenters. The minimum Gasteiger partial charge on any atom is -0.491 e. The van der Waals surface area contributed by atoms with Crippen molar-refractivity contribution in [3.8, 4) is 5.75 Å². The fourth-order valence-electron chi connectivity index (χ4n) is 5.83. The van der Waals surface area contributed by atoms with Crippen LogP contribution in [-0.2, 0) is 6.42 Å². The zero-order chi connectivity index (χ0) is 15.3. The molecule has 0 radical (unpaired) electrons. The fraction of sp³-hybridized carbons (Fsp3) is 0.700. The molecule has 2 heteroatoms. The number of halogens is 1. The Morgan fingerprint density at radius 3 is 2.91 bits per heavy atom. The van der Waals surface area contributed by atoms with Crippen molar-refractivity contribution < 1.29 is 9.13 Å². The summed E-state index contributed by atoms with van der Waals surface area (Å²) >= 11 is 0. The third-order valence-electron chi connectivity index (χ3n) is 6.86. The smallest absolute Gasteiger partial charge is 0.165 e. The Labute approximate surface area is 133 Å². The van der Waals surface area contributed by atoms with Gasteiger partial charge >= 0.3 is 0 Å². The molecule has 120 valence electrons. The highest BCUT2D eigenvalue weighted by atomic mass is 19.1. The molecule has 2 saturated carbocycles. The molecule has 0 amide bonds. The minimum absolute atomic E-state index is 0.180. The van der Waals surface area contributed by atoms with Gasteiger partial charge < -0.3 is 4.74 Å². The Morgan fingerprint density at radius 1 is 1.23 bits per heavy atom. The predicted molar refractivity (Wildman–Crippen MR) is 86.8 cm³/mol. The van der Waals surface area contributed by atoms with Crippen LogP contribution in [0.5, 0.6) is 5.75 Å². The summed E-state index contributed by atoms with van der Waals surface area (Å²) in [6.07, 6.45) is 9.16. The molecule has 0 bridgehead atoms. The highest BCUT2D eigenvalue weighted by molar-refractivity contribution is 5.42. The van der Waals surface area contributed by atoms with E-state index in [0.717, 1.165) is 18.3 Å². The van der Waals surface area contributed by atoms with E-state index < -0.39 is 0 Å². The molecule has 22 heavy (non-hydrogen) atoms. The number of hydrogen-bond acceptors (Lipinski definition) is 1. The fourth-order valence-corrected chi connectivity index (χ4v) is 5.83. The van der Waals surface area contributed by atoms with E-state index in [1.54, 1.807) is 6.07 Å². The molecule has 1 aromatic carbocycles. The molecule has 0 aromatic heterocycles. The van der Waals surface area contributed by atoms with Gasteiger partial charge in [0.1, 0.15) is 0 Å². The average Bonchev–Trinajstić information content (AvgIpc) is 2.90. The summed E-state index contributed by atoms with van der Waals surface area (Å²) < 4.78 is 19.7. The number of fused-ring (bicyclic) bond motifs is 5. The van der Waals surface area contributed by atoms with E-state index in [9.17, 15) is 4.39 Å². The van der Waals surface area contributed by atoms with Gasteiger partial charge in [0.25, 0.3) is 0 Å². The van der Waals surface area contributed by atoms with Gasteiger partial charge in [-0.25, -0.2) is 4.39 Å². The van der Waals surface area contributed by atoms with Gasteiger partial charge in [0.15, 0.2) is 11.6 Å². The molecule has 0 heterocycles. The van der Waals surface area contributed by atoms with E-state index >= 15 is 0 Å². The lowest BCUT2D eigenvalue weighted by Gasteiger charge is -2.49. The maximum Gasteiger partial charge on any atom is 0.165 e. The van der Waals surface area contributed by atoms with E-state index in [1.807, 2.05) is 13.0 Å². The van der Waals surface area contributed by atoms with Gasteiger partial charge in [0.2, 0.25) is 0 Å². The van der Waals surface area contributed by atoms with Crippen LogP contribution in [0.2, 0.25) is 0 Å². The average molecular weight is 302 g/mol. The third-order valence-corrected chi connectivity index (χ3v) is 6.86. The molecule has 3 aliphatic rings. The summed E-state index contributed by atoms with van der Waals surface area (Å²) in [5.74, 6) is 2.62. The lowest BCUT2D eigenvalue weighted by atomic mass is 9.56. The van der Waals surface area contributed by atoms with Crippen LogP contribution in [0.15, 0.2) is 12.1 Å². The topological polar surface area (TPSA) is 9.23 Å². The van der Waals surface area contributed by atoms with E-state index in [2.05, 4.69) is 6.92 Å². The first kappa shape index (κ1) is 14.5. The molecule has 1 nitrogen and oxygen atoms in total. The highest BCUT2D eigenvalue weighted by Crippen LogP contribution is 2.61. The first-order valence-electron chi connectivity index (χ1n) is 9.07. The summed E-state index contributed by atoms with van der Waals surface area (Å²) in [4.78, 5) is 0. The monoisotopic (exact) mass is 302 g/mol. The Kier molecular flexibility index (Phi) is 3.47. The van der Waals surface area contributed by atoms with Crippen molar-refractivity contribution in [3.63, 3.8) is 0 Å². The quantitative estimate of drug-likeness (QED) is 0.704. The van der Waals surface area contributed by atoms with Gasteiger partial charge in [0, 0.05) is 0 Å². The Balaban J connectivity index is 1.71. The number of aryl methyl sites for hydroxylation is 1. The van der Waals surface area contributed by atoms with E-state index in [0.29, 0.717) is 23.7 Å². The molecule has 0 saturated heterocycles. The van der Waals surface area contributed by atoms with Gasteiger partial charge in [-0.1, -0.05) is 13.3 Å². The summed E-state index contributed by atoms with van der Waals surface area (Å²) in [6, 6.07) is 3.78. The van der Waals surface area contributed by atoms with Crippen molar-refractivity contribution in [1.82, 2.24) is 0 Å². The summed E-state index contributed by atoms with van der Waals surface area (Å²) in [7, 11) is 0. The summed E-state index contributed by atoms with van der Waals surface area (Å²) in [5, 5.41) is 0. The first-order valence-corrected chi connectivity index (χ1v) is 9.07. The van der Waals surface area contributed by atoms with Crippen LogP contribution in [0.25, 0.3) is 0 Å². The van der Waals surface area contributed by atoms with Crippen molar-refractivity contribution in [1.29, 1.82) is 0 Å². The van der Waals surface area contributed by atoms with Gasteiger partial charge in [-0.3, -0.25) is 0 Å². The van der Waals surface area contributed by atoms with Gasteiger partial charge in [-0.05, 0) is 91.9 Å². The second kappa shape index (κ2) is 5.25. The Bertz CT molecular complexity index is 581. The van der Waals surface area contributed by atoms with E-state index in [1.165, 1.54) is 49.7 Å². The molecule has 0 aliphatic heterocycles. The van der Waals surface area contributed by atoms with Crippen LogP contribution in [0.3, 0.4) is 0 Å². The largest absolute Gasteiger partial charge is 0.491 e. The molecule has 1 aromatic rings. The number of hydrogen-bond donors (Lipinski definition) is 0. The van der Waals surface area contributed by atoms with Crippen LogP contribution < -0.4 is 4.74 Å². The predicted octanol–water partition coefficient (Wildman–Crippen LogP) is 5.47. The molecule has 0 N–H and O–H groups in total. The van der Waals surface area contributed by atoms with Crippen LogP contribution in [0.4, 0.5) is 4.39 Å². The van der Waals surface area contributed by atoms with Crippen molar-refractivity contribution in [2.24, 2.45) is 17.3 Å². The molecule has 2 fully saturated rings. The lowest BCUT2D eigenvalue weighted by molar-refractivity contribution is 0.0596. The van der Waals surface area contributed by atoms with Gasteiger partial charge in [-0.15, -0.1) is 0 Å². The van der Waals surface area contributed by atoms with Crippen molar-refractivity contribution in [2.75, 3.05) is 6.61 Å². The van der Waals surface area contributed by atoms with Crippen molar-refractivity contribution in [2.45, 2.75) is 64.7 Å². The lowest BCUT2D eigenvalue weighted by Crippen LogP contribution is -2.39. The maximum atomic E-state index is 14.1. The second-order valence-corrected chi connectivity index (χ2v) is 7.91. The highest BCUT2D eigenvalue weighted by Gasteiger charge is 2.50. The Morgan fingerprint density at radius 2 is 2.09 bits per heavy atom. The van der Waals surface area contributed by atoms with Gasteiger partial charge in [0.05, 0.1) is 6.61 Å². The van der Waals surface area contributed by atoms with Gasteiger partial charge in [-0.2, -0.15) is 0 Å². The molecule has 4 unspecified atom stereocenters. The zero-order valence-electron chi connectivity index (χ0n) is 13.8. The van der Waals surface area contributed by atoms with Crippen LogP contribution in [-0.4, -0.2) is 6.61 Å². The maximum absolute atomic E-state index is 14.1. The SMILES string of the molecule is CCOc1cc2c(cc1F)CCC1C2CCC2(C)CCCC12. The van der Waals surface area contributed by atoms with Crippen molar-refractivity contribution >= 4 is 0 Å². The van der Waals surface area contributed by atoms with Crippen LogP contribution >= 0.6 is 0 Å². The third kappa shape index (κ3) is 2.10. The molecule has 4 rings (SSSR count). The van der Waals surface area contributed by atoms with E-state index in [4.69, 9.17) is 4.74 Å². The number of benzene rings is 1. The summed E-state index contributed by atoms with van der Waals surface area (Å²) in [5.41, 5.74) is 3.22. The molecular formula is C20H27FO. The first-order chi connectivity index (χ1) is 10.6. The molecule has 3 aliphatic carbocycles. The second-order valence-electron chi connectivity index (χ2n) is 7.91. The standard InChI is InChI=1S/C20H27FO/c1-3-22-19-12-16-13(11-18(19)21)6-7-15-14(16)8-10-20(2)9-4-5-17(15)20/h11-12,14-15,17H,3-10H2,1-2H3. The minimum atomic E-state index is -0.180. The number of rotatable bonds is 2. The van der Waals surface area contributed by atoms with Crippen LogP contribution in [0, 0.1) is 23.1 Å². The summed E-state index contributed by atoms with van der Waals surface area (Å²) in [6.45, 7) is 4.98. The normalized spacial score (nSPS) is 36.4. The van der Waals surface area contributed by atoms with E-state index in [-0.39, 0.29) is 5.82 Å². The van der Waals surface area contributed by atoms with Crippen molar-refractivity contribution in [3.05, 3.63) is 29.1 Å². The zero-order valence-corrected chi connectivity index (χ0v) is 13.8. The molecular weight excluding hydrogens is 275 g/mol. The van der Waals surface area contributed by atoms with Crippen LogP contribution in [0.1, 0.15) is 69.4 Å². The number of ether oxygens (including phenoxy) is 1.